The third-order valence-electron chi connectivity index (χ3n) is 5.30. The van der Waals surface area contributed by atoms with Gasteiger partial charge in [-0.1, -0.05) is 74.5 Å². The van der Waals surface area contributed by atoms with E-state index in [1.54, 1.807) is 0 Å². The van der Waals surface area contributed by atoms with Crippen LogP contribution in [-0.4, -0.2) is 11.5 Å². The lowest BCUT2D eigenvalue weighted by atomic mass is 9.71. The number of Topliss-reactive ketones (excluding diaryl/α,β-unsaturated/α-hetero) is 1. The van der Waals surface area contributed by atoms with E-state index in [2.05, 4.69) is 43.5 Å². The van der Waals surface area contributed by atoms with Gasteiger partial charge in [0.15, 0.2) is 5.78 Å². The highest BCUT2D eigenvalue weighted by atomic mass is 16.1. The van der Waals surface area contributed by atoms with Gasteiger partial charge in [0.2, 0.25) is 0 Å². The fourth-order valence-corrected chi connectivity index (χ4v) is 4.10. The van der Waals surface area contributed by atoms with Gasteiger partial charge >= 0.3 is 0 Å². The molecule has 0 bridgehead atoms. The van der Waals surface area contributed by atoms with Crippen molar-refractivity contribution in [2.75, 3.05) is 0 Å². The summed E-state index contributed by atoms with van der Waals surface area (Å²) in [4.78, 5) is 13.1. The molecule has 0 amide bonds. The Hall–Kier alpha value is -2.68. The summed E-state index contributed by atoms with van der Waals surface area (Å²) >= 11 is 0. The molecule has 0 spiro atoms. The van der Waals surface area contributed by atoms with Crippen molar-refractivity contribution in [1.29, 1.82) is 0 Å². The summed E-state index contributed by atoms with van der Waals surface area (Å²) in [5, 5.41) is 4.71. The molecular formula is C23H24N2O. The van der Waals surface area contributed by atoms with Crippen LogP contribution in [0.15, 0.2) is 77.0 Å². The molecule has 1 N–H and O–H groups in total. The van der Waals surface area contributed by atoms with Crippen LogP contribution in [0.5, 0.6) is 0 Å². The number of hydrogen-bond acceptors (Lipinski definition) is 3. The molecule has 0 aromatic heterocycles. The Kier molecular flexibility index (Phi) is 4.23. The summed E-state index contributed by atoms with van der Waals surface area (Å²) in [6, 6.07) is 20.6. The highest BCUT2D eigenvalue weighted by molar-refractivity contribution is 6.05. The molecule has 1 heterocycles. The largest absolute Gasteiger partial charge is 0.294 e. The molecule has 1 aliphatic heterocycles. The molecule has 3 heteroatoms. The maximum atomic E-state index is 13.1. The minimum absolute atomic E-state index is 0.0308. The predicted molar refractivity (Wildman–Crippen MR) is 105 cm³/mol. The average Bonchev–Trinajstić information content (AvgIpc) is 2.82. The van der Waals surface area contributed by atoms with E-state index in [9.17, 15) is 4.79 Å². The lowest BCUT2D eigenvalue weighted by Gasteiger charge is -2.33. The van der Waals surface area contributed by atoms with Crippen LogP contribution in [-0.2, 0) is 4.79 Å². The standard InChI is InChI=1S/C23H24N2O/c1-23(2)14-20-22(21(26)15-23)18(16-9-5-3-6-10-16)13-19(24-25-20)17-11-7-4-8-12-17/h3-12,18,25H,13-15H2,1-2H3/t18-/m1/s1. The molecule has 26 heavy (non-hydrogen) atoms. The highest BCUT2D eigenvalue weighted by Crippen LogP contribution is 2.43. The van der Waals surface area contributed by atoms with E-state index in [1.807, 2.05) is 36.4 Å². The Balaban J connectivity index is 1.81. The fraction of sp³-hybridized carbons (Fsp3) is 0.304. The van der Waals surface area contributed by atoms with Crippen LogP contribution in [0.3, 0.4) is 0 Å². The number of ketones is 1. The van der Waals surface area contributed by atoms with Crippen molar-refractivity contribution in [1.82, 2.24) is 5.43 Å². The van der Waals surface area contributed by atoms with Crippen LogP contribution in [0.4, 0.5) is 0 Å². The number of carbonyl (C=O) groups excluding carboxylic acids is 1. The Morgan fingerprint density at radius 3 is 2.31 bits per heavy atom. The number of hydrogen-bond donors (Lipinski definition) is 1. The zero-order valence-corrected chi connectivity index (χ0v) is 15.3. The highest BCUT2D eigenvalue weighted by Gasteiger charge is 2.38. The van der Waals surface area contributed by atoms with Gasteiger partial charge in [0.25, 0.3) is 0 Å². The molecular weight excluding hydrogens is 320 g/mol. The molecule has 2 aromatic carbocycles. The maximum absolute atomic E-state index is 13.1. The first kappa shape index (κ1) is 16.8. The Bertz CT molecular complexity index is 879. The van der Waals surface area contributed by atoms with E-state index in [-0.39, 0.29) is 17.1 Å². The van der Waals surface area contributed by atoms with Gasteiger partial charge in [-0.2, -0.15) is 5.10 Å². The van der Waals surface area contributed by atoms with E-state index < -0.39 is 0 Å². The van der Waals surface area contributed by atoms with Crippen LogP contribution >= 0.6 is 0 Å². The summed E-state index contributed by atoms with van der Waals surface area (Å²) in [5.74, 6) is 0.297. The molecule has 4 rings (SSSR count). The van der Waals surface area contributed by atoms with E-state index in [4.69, 9.17) is 5.10 Å². The van der Waals surface area contributed by atoms with Crippen LogP contribution < -0.4 is 5.43 Å². The number of carbonyl (C=O) groups is 1. The quantitative estimate of drug-likeness (QED) is 0.849. The SMILES string of the molecule is CC1(C)CC(=O)C2=C(C1)NN=C(c1ccccc1)C[C@@H]2c1ccccc1. The first-order valence-corrected chi connectivity index (χ1v) is 9.23. The molecule has 0 unspecified atom stereocenters. The minimum atomic E-state index is -0.0308. The topological polar surface area (TPSA) is 41.5 Å². The normalized spacial score (nSPS) is 22.2. The molecule has 2 aromatic rings. The Morgan fingerprint density at radius 1 is 0.962 bits per heavy atom. The zero-order valence-electron chi connectivity index (χ0n) is 15.3. The third-order valence-corrected chi connectivity index (χ3v) is 5.30. The van der Waals surface area contributed by atoms with Crippen LogP contribution in [0.1, 0.15) is 50.2 Å². The Morgan fingerprint density at radius 2 is 1.62 bits per heavy atom. The zero-order chi connectivity index (χ0) is 18.1. The van der Waals surface area contributed by atoms with Gasteiger partial charge in [-0.3, -0.25) is 10.2 Å². The smallest absolute Gasteiger partial charge is 0.161 e. The van der Waals surface area contributed by atoms with Crippen molar-refractivity contribution < 1.29 is 4.79 Å². The lowest BCUT2D eigenvalue weighted by molar-refractivity contribution is -0.118. The van der Waals surface area contributed by atoms with Crippen molar-refractivity contribution in [2.24, 2.45) is 10.5 Å². The summed E-state index contributed by atoms with van der Waals surface area (Å²) in [6.07, 6.45) is 2.17. The van der Waals surface area contributed by atoms with Gasteiger partial charge in [0, 0.05) is 30.0 Å². The summed E-state index contributed by atoms with van der Waals surface area (Å²) in [6.45, 7) is 4.31. The molecule has 0 saturated heterocycles. The molecule has 0 radical (unpaired) electrons. The van der Waals surface area contributed by atoms with E-state index >= 15 is 0 Å². The van der Waals surface area contributed by atoms with Crippen LogP contribution in [0.2, 0.25) is 0 Å². The molecule has 0 fully saturated rings. The minimum Gasteiger partial charge on any atom is -0.294 e. The fourth-order valence-electron chi connectivity index (χ4n) is 4.10. The van der Waals surface area contributed by atoms with Crippen molar-refractivity contribution in [2.45, 2.75) is 39.0 Å². The van der Waals surface area contributed by atoms with Crippen LogP contribution in [0.25, 0.3) is 0 Å². The maximum Gasteiger partial charge on any atom is 0.161 e. The number of nitrogens with one attached hydrogen (secondary N) is 1. The van der Waals surface area contributed by atoms with Crippen LogP contribution in [0, 0.1) is 5.41 Å². The van der Waals surface area contributed by atoms with E-state index in [1.165, 1.54) is 5.56 Å². The van der Waals surface area contributed by atoms with Gasteiger partial charge in [-0.05, 0) is 23.0 Å². The summed E-state index contributed by atoms with van der Waals surface area (Å²) in [5.41, 5.74) is 8.43. The second-order valence-electron chi connectivity index (χ2n) is 8.04. The first-order chi connectivity index (χ1) is 12.5. The molecule has 132 valence electrons. The van der Waals surface area contributed by atoms with Crippen molar-refractivity contribution in [3.8, 4) is 0 Å². The van der Waals surface area contributed by atoms with Gasteiger partial charge in [0.1, 0.15) is 0 Å². The molecule has 1 aliphatic carbocycles. The predicted octanol–water partition coefficient (Wildman–Crippen LogP) is 4.81. The molecule has 0 saturated carbocycles. The number of nitrogens with zero attached hydrogens (tertiary/aromatic N) is 1. The van der Waals surface area contributed by atoms with Crippen molar-refractivity contribution in [3.05, 3.63) is 83.1 Å². The summed E-state index contributed by atoms with van der Waals surface area (Å²) in [7, 11) is 0. The Labute approximate surface area is 154 Å². The second-order valence-corrected chi connectivity index (χ2v) is 8.04. The monoisotopic (exact) mass is 344 g/mol. The van der Waals surface area contributed by atoms with E-state index in [0.717, 1.165) is 35.4 Å². The van der Waals surface area contributed by atoms with Crippen molar-refractivity contribution in [3.63, 3.8) is 0 Å². The van der Waals surface area contributed by atoms with E-state index in [0.29, 0.717) is 6.42 Å². The van der Waals surface area contributed by atoms with Crippen molar-refractivity contribution >= 4 is 11.5 Å². The third kappa shape index (κ3) is 3.22. The first-order valence-electron chi connectivity index (χ1n) is 9.23. The number of hydrazone groups is 1. The number of rotatable bonds is 2. The molecule has 3 nitrogen and oxygen atoms in total. The molecule has 1 atom stereocenters. The second kappa shape index (κ2) is 6.56. The number of benzene rings is 2. The average molecular weight is 344 g/mol. The number of allylic oxidation sites excluding steroid dienone is 2. The molecule has 2 aliphatic rings. The lowest BCUT2D eigenvalue weighted by Crippen LogP contribution is -2.31. The summed E-state index contributed by atoms with van der Waals surface area (Å²) < 4.78 is 0. The van der Waals surface area contributed by atoms with Gasteiger partial charge < -0.3 is 0 Å². The van der Waals surface area contributed by atoms with Gasteiger partial charge in [0.05, 0.1) is 5.71 Å². The van der Waals surface area contributed by atoms with Gasteiger partial charge in [-0.25, -0.2) is 0 Å². The van der Waals surface area contributed by atoms with Gasteiger partial charge in [-0.15, -0.1) is 0 Å².